The molecule has 9 heteroatoms. The number of para-hydroxylation sites is 1. The van der Waals surface area contributed by atoms with Gasteiger partial charge in [0.15, 0.2) is 17.2 Å². The van der Waals surface area contributed by atoms with Gasteiger partial charge >= 0.3 is 5.97 Å². The van der Waals surface area contributed by atoms with Crippen molar-refractivity contribution in [2.45, 2.75) is 0 Å². The van der Waals surface area contributed by atoms with E-state index < -0.39 is 11.8 Å². The molecule has 3 rings (SSSR count). The number of fused-ring (bicyclic) bond motifs is 1. The van der Waals surface area contributed by atoms with Crippen molar-refractivity contribution in [3.63, 3.8) is 0 Å². The van der Waals surface area contributed by atoms with Crippen LogP contribution < -0.4 is 9.64 Å². The molecular weight excluding hydrogens is 339 g/mol. The number of benzene rings is 1. The predicted octanol–water partition coefficient (Wildman–Crippen LogP) is 3.00. The highest BCUT2D eigenvalue weighted by atomic mass is 35.5. The number of methoxy groups -OCH3 is 1. The second kappa shape index (κ2) is 5.97. The van der Waals surface area contributed by atoms with Crippen molar-refractivity contribution in [1.29, 1.82) is 0 Å². The van der Waals surface area contributed by atoms with Crippen molar-refractivity contribution in [2.75, 3.05) is 19.1 Å². The second-order valence-electron chi connectivity index (χ2n) is 4.89. The molecule has 0 unspecified atom stereocenters. The van der Waals surface area contributed by atoms with Crippen LogP contribution in [0.25, 0.3) is 5.65 Å². The summed E-state index contributed by atoms with van der Waals surface area (Å²) in [6.45, 7) is 0. The summed E-state index contributed by atoms with van der Waals surface area (Å²) < 4.78 is 20.8. The highest BCUT2D eigenvalue weighted by molar-refractivity contribution is 6.29. The fourth-order valence-corrected chi connectivity index (χ4v) is 2.56. The van der Waals surface area contributed by atoms with Crippen LogP contribution in [0, 0.1) is 5.82 Å². The van der Waals surface area contributed by atoms with Gasteiger partial charge in [0.2, 0.25) is 0 Å². The van der Waals surface area contributed by atoms with E-state index in [4.69, 9.17) is 21.4 Å². The molecule has 0 aliphatic rings. The van der Waals surface area contributed by atoms with E-state index in [1.54, 1.807) is 13.1 Å². The van der Waals surface area contributed by atoms with Crippen LogP contribution in [-0.2, 0) is 0 Å². The zero-order chi connectivity index (χ0) is 17.4. The minimum Gasteiger partial charge on any atom is -0.494 e. The zero-order valence-corrected chi connectivity index (χ0v) is 13.5. The molecule has 0 bridgehead atoms. The molecule has 7 nitrogen and oxygen atoms in total. The van der Waals surface area contributed by atoms with E-state index in [0.29, 0.717) is 11.6 Å². The summed E-state index contributed by atoms with van der Waals surface area (Å²) in [5.74, 6) is -1.07. The van der Waals surface area contributed by atoms with E-state index in [0.717, 1.165) is 0 Å². The van der Waals surface area contributed by atoms with Crippen molar-refractivity contribution in [3.05, 3.63) is 47.0 Å². The molecule has 0 radical (unpaired) electrons. The molecule has 0 saturated carbocycles. The third-order valence-corrected chi connectivity index (χ3v) is 3.64. The molecule has 1 N–H and O–H groups in total. The van der Waals surface area contributed by atoms with Crippen LogP contribution in [0.2, 0.25) is 5.15 Å². The average molecular weight is 351 g/mol. The fraction of sp³-hybridized carbons (Fsp3) is 0.133. The molecule has 124 valence electrons. The van der Waals surface area contributed by atoms with Crippen LogP contribution in [0.1, 0.15) is 10.5 Å². The molecular formula is C15H12ClFN4O3. The highest BCUT2D eigenvalue weighted by Crippen LogP contribution is 2.35. The molecule has 1 aromatic carbocycles. The quantitative estimate of drug-likeness (QED) is 0.729. The minimum absolute atomic E-state index is 0.122. The number of aromatic nitrogens is 3. The van der Waals surface area contributed by atoms with Crippen LogP contribution in [0.15, 0.2) is 30.3 Å². The molecule has 0 atom stereocenters. The second-order valence-corrected chi connectivity index (χ2v) is 5.28. The number of halogens is 2. The van der Waals surface area contributed by atoms with Gasteiger partial charge in [0.25, 0.3) is 0 Å². The summed E-state index contributed by atoms with van der Waals surface area (Å²) in [5, 5.41) is 13.2. The zero-order valence-electron chi connectivity index (χ0n) is 12.7. The Morgan fingerprint density at radius 2 is 2.17 bits per heavy atom. The SMILES string of the molecule is COc1cccc(F)c1N(C)c1cc(Cl)nc2cc(C(=O)O)nn12. The smallest absolute Gasteiger partial charge is 0.356 e. The number of carboxylic acids is 1. The van der Waals surface area contributed by atoms with Gasteiger partial charge in [-0.2, -0.15) is 9.61 Å². The highest BCUT2D eigenvalue weighted by Gasteiger charge is 2.20. The Kier molecular flexibility index (Phi) is 3.98. The van der Waals surface area contributed by atoms with E-state index in [1.165, 1.54) is 40.8 Å². The third kappa shape index (κ3) is 2.61. The largest absolute Gasteiger partial charge is 0.494 e. The van der Waals surface area contributed by atoms with Crippen molar-refractivity contribution in [1.82, 2.24) is 14.6 Å². The van der Waals surface area contributed by atoms with Gasteiger partial charge in [0, 0.05) is 19.2 Å². The first-order valence-electron chi connectivity index (χ1n) is 6.78. The number of carboxylic acid groups (broad SMARTS) is 1. The molecule has 2 aromatic heterocycles. The number of nitrogens with zero attached hydrogens (tertiary/aromatic N) is 4. The fourth-order valence-electron chi connectivity index (χ4n) is 2.37. The lowest BCUT2D eigenvalue weighted by molar-refractivity contribution is 0.0690. The van der Waals surface area contributed by atoms with E-state index in [1.807, 2.05) is 0 Å². The maximum atomic E-state index is 14.3. The molecule has 0 aliphatic carbocycles. The van der Waals surface area contributed by atoms with Crippen molar-refractivity contribution < 1.29 is 19.0 Å². The van der Waals surface area contributed by atoms with Crippen molar-refractivity contribution in [2.24, 2.45) is 0 Å². The predicted molar refractivity (Wildman–Crippen MR) is 86.0 cm³/mol. The van der Waals surface area contributed by atoms with Crippen LogP contribution in [-0.4, -0.2) is 39.8 Å². The lowest BCUT2D eigenvalue weighted by Gasteiger charge is -2.22. The number of rotatable bonds is 4. The summed E-state index contributed by atoms with van der Waals surface area (Å²) in [7, 11) is 3.02. The lowest BCUT2D eigenvalue weighted by Crippen LogP contribution is -2.17. The topological polar surface area (TPSA) is 80.0 Å². The molecule has 0 saturated heterocycles. The maximum absolute atomic E-state index is 14.3. The first-order chi connectivity index (χ1) is 11.4. The van der Waals surface area contributed by atoms with Crippen molar-refractivity contribution >= 4 is 34.7 Å². The summed E-state index contributed by atoms with van der Waals surface area (Å²) in [4.78, 5) is 16.6. The minimum atomic E-state index is -1.20. The van der Waals surface area contributed by atoms with Gasteiger partial charge in [-0.3, -0.25) is 0 Å². The number of hydrogen-bond acceptors (Lipinski definition) is 5. The lowest BCUT2D eigenvalue weighted by atomic mass is 10.2. The Labute approximate surface area is 140 Å². The van der Waals surface area contributed by atoms with E-state index in [-0.39, 0.29) is 22.2 Å². The molecule has 24 heavy (non-hydrogen) atoms. The van der Waals surface area contributed by atoms with Crippen LogP contribution in [0.3, 0.4) is 0 Å². The Bertz CT molecular complexity index is 944. The Morgan fingerprint density at radius 3 is 2.83 bits per heavy atom. The monoisotopic (exact) mass is 350 g/mol. The van der Waals surface area contributed by atoms with Gasteiger partial charge in [-0.15, -0.1) is 0 Å². The summed E-state index contributed by atoms with van der Waals surface area (Å²) in [6, 6.07) is 7.17. The van der Waals surface area contributed by atoms with Gasteiger partial charge in [0.1, 0.15) is 22.4 Å². The first-order valence-corrected chi connectivity index (χ1v) is 7.16. The van der Waals surface area contributed by atoms with E-state index in [9.17, 15) is 9.18 Å². The van der Waals surface area contributed by atoms with Crippen LogP contribution in [0.4, 0.5) is 15.9 Å². The van der Waals surface area contributed by atoms with Gasteiger partial charge in [-0.05, 0) is 12.1 Å². The Morgan fingerprint density at radius 1 is 1.42 bits per heavy atom. The summed E-state index contributed by atoms with van der Waals surface area (Å²) in [5.41, 5.74) is 0.202. The molecule has 2 heterocycles. The Hall–Kier alpha value is -2.87. The molecule has 0 spiro atoms. The van der Waals surface area contributed by atoms with E-state index >= 15 is 0 Å². The van der Waals surface area contributed by atoms with Gasteiger partial charge < -0.3 is 14.7 Å². The number of aromatic carboxylic acids is 1. The summed E-state index contributed by atoms with van der Waals surface area (Å²) >= 11 is 6.01. The molecule has 3 aromatic rings. The standard InChI is InChI=1S/C15H12ClFN4O3/c1-20(14-8(17)4-3-5-10(14)24-2)13-7-11(16)18-12-6-9(15(22)23)19-21(12)13/h3-7H,1-2H3,(H,22,23). The van der Waals surface area contributed by atoms with Crippen LogP contribution >= 0.6 is 11.6 Å². The third-order valence-electron chi connectivity index (χ3n) is 3.44. The van der Waals surface area contributed by atoms with Crippen LogP contribution in [0.5, 0.6) is 5.75 Å². The Balaban J connectivity index is 2.24. The van der Waals surface area contributed by atoms with Gasteiger partial charge in [-0.1, -0.05) is 17.7 Å². The normalized spacial score (nSPS) is 10.8. The first kappa shape index (κ1) is 16.0. The van der Waals surface area contributed by atoms with E-state index in [2.05, 4.69) is 10.1 Å². The van der Waals surface area contributed by atoms with Gasteiger partial charge in [0.05, 0.1) is 7.11 Å². The molecule has 0 aliphatic heterocycles. The molecule has 0 amide bonds. The maximum Gasteiger partial charge on any atom is 0.356 e. The molecule has 0 fully saturated rings. The van der Waals surface area contributed by atoms with Gasteiger partial charge in [-0.25, -0.2) is 14.2 Å². The number of ether oxygens (including phenoxy) is 1. The van der Waals surface area contributed by atoms with Crippen molar-refractivity contribution in [3.8, 4) is 5.75 Å². The number of hydrogen-bond donors (Lipinski definition) is 1. The summed E-state index contributed by atoms with van der Waals surface area (Å²) in [6.07, 6.45) is 0. The number of anilines is 2. The number of carbonyl (C=O) groups is 1. The average Bonchev–Trinajstić information content (AvgIpc) is 2.97.